The summed E-state index contributed by atoms with van der Waals surface area (Å²) in [6, 6.07) is 6.14. The highest BCUT2D eigenvalue weighted by Crippen LogP contribution is 2.27. The SMILES string of the molecule is CC(C)C(CO)Nc1cncc(-c2cc(Cl)ccc2F)c1. The van der Waals surface area contributed by atoms with E-state index in [1.165, 1.54) is 12.1 Å². The lowest BCUT2D eigenvalue weighted by atomic mass is 10.0. The Hall–Kier alpha value is -1.65. The van der Waals surface area contributed by atoms with Crippen LogP contribution in [0, 0.1) is 11.7 Å². The summed E-state index contributed by atoms with van der Waals surface area (Å²) in [7, 11) is 0. The van der Waals surface area contributed by atoms with Crippen LogP contribution in [0.3, 0.4) is 0 Å². The molecule has 0 spiro atoms. The molecule has 0 saturated heterocycles. The zero-order chi connectivity index (χ0) is 15.4. The molecule has 0 bridgehead atoms. The van der Waals surface area contributed by atoms with Gasteiger partial charge in [-0.25, -0.2) is 4.39 Å². The summed E-state index contributed by atoms with van der Waals surface area (Å²) in [6.07, 6.45) is 3.24. The van der Waals surface area contributed by atoms with Gasteiger partial charge in [0.25, 0.3) is 0 Å². The summed E-state index contributed by atoms with van der Waals surface area (Å²) in [5.74, 6) is -0.0810. The van der Waals surface area contributed by atoms with Gasteiger partial charge in [-0.3, -0.25) is 4.98 Å². The Bertz CT molecular complexity index is 619. The van der Waals surface area contributed by atoms with Gasteiger partial charge in [0.1, 0.15) is 5.82 Å². The lowest BCUT2D eigenvalue weighted by molar-refractivity contribution is 0.249. The predicted octanol–water partition coefficient (Wildman–Crippen LogP) is 3.97. The molecule has 1 aromatic heterocycles. The van der Waals surface area contributed by atoms with Crippen LogP contribution in [0.2, 0.25) is 5.02 Å². The lowest BCUT2D eigenvalue weighted by Crippen LogP contribution is -2.29. The molecule has 112 valence electrons. The van der Waals surface area contributed by atoms with Crippen molar-refractivity contribution in [3.05, 3.63) is 47.5 Å². The van der Waals surface area contributed by atoms with Gasteiger partial charge < -0.3 is 10.4 Å². The minimum Gasteiger partial charge on any atom is -0.394 e. The fourth-order valence-electron chi connectivity index (χ4n) is 2.02. The van der Waals surface area contributed by atoms with Crippen LogP contribution in [0.5, 0.6) is 0 Å². The number of hydrogen-bond donors (Lipinski definition) is 2. The van der Waals surface area contributed by atoms with E-state index in [0.29, 0.717) is 16.1 Å². The minimum absolute atomic E-state index is 0.0213. The molecule has 1 atom stereocenters. The Morgan fingerprint density at radius 1 is 1.29 bits per heavy atom. The first kappa shape index (κ1) is 15.7. The molecule has 2 aromatic rings. The average molecular weight is 309 g/mol. The number of anilines is 1. The van der Waals surface area contributed by atoms with Gasteiger partial charge in [-0.1, -0.05) is 25.4 Å². The molecule has 1 heterocycles. The number of benzene rings is 1. The van der Waals surface area contributed by atoms with E-state index in [1.54, 1.807) is 24.5 Å². The fourth-order valence-corrected chi connectivity index (χ4v) is 2.19. The molecule has 0 amide bonds. The number of nitrogens with zero attached hydrogens (tertiary/aromatic N) is 1. The highest BCUT2D eigenvalue weighted by molar-refractivity contribution is 6.30. The molecule has 21 heavy (non-hydrogen) atoms. The molecule has 5 heteroatoms. The Morgan fingerprint density at radius 2 is 2.05 bits per heavy atom. The van der Waals surface area contributed by atoms with Crippen LogP contribution < -0.4 is 5.32 Å². The van der Waals surface area contributed by atoms with Crippen LogP contribution >= 0.6 is 11.6 Å². The van der Waals surface area contributed by atoms with E-state index in [0.717, 1.165) is 5.69 Å². The van der Waals surface area contributed by atoms with Crippen LogP contribution in [-0.4, -0.2) is 22.7 Å². The summed E-state index contributed by atoms with van der Waals surface area (Å²) in [6.45, 7) is 4.05. The highest BCUT2D eigenvalue weighted by atomic mass is 35.5. The molecule has 0 aliphatic carbocycles. The van der Waals surface area contributed by atoms with Crippen molar-refractivity contribution in [3.8, 4) is 11.1 Å². The lowest BCUT2D eigenvalue weighted by Gasteiger charge is -2.21. The molecule has 0 saturated carbocycles. The average Bonchev–Trinajstić information content (AvgIpc) is 2.47. The Kier molecular flexibility index (Phi) is 5.15. The van der Waals surface area contributed by atoms with Crippen molar-refractivity contribution < 1.29 is 9.50 Å². The molecule has 2 N–H and O–H groups in total. The summed E-state index contributed by atoms with van der Waals surface area (Å²) < 4.78 is 13.9. The molecule has 1 unspecified atom stereocenters. The normalized spacial score (nSPS) is 12.5. The molecule has 0 fully saturated rings. The van der Waals surface area contributed by atoms with E-state index in [1.807, 2.05) is 13.8 Å². The van der Waals surface area contributed by atoms with Gasteiger partial charge in [0.15, 0.2) is 0 Å². The van der Waals surface area contributed by atoms with Crippen molar-refractivity contribution in [2.24, 2.45) is 5.92 Å². The number of halogens is 2. The number of aromatic nitrogens is 1. The van der Waals surface area contributed by atoms with E-state index in [2.05, 4.69) is 10.3 Å². The van der Waals surface area contributed by atoms with Gasteiger partial charge in [0.2, 0.25) is 0 Å². The van der Waals surface area contributed by atoms with E-state index < -0.39 is 0 Å². The number of pyridine rings is 1. The van der Waals surface area contributed by atoms with Gasteiger partial charge in [-0.05, 0) is 30.2 Å². The van der Waals surface area contributed by atoms with Gasteiger partial charge in [-0.15, -0.1) is 0 Å². The Balaban J connectivity index is 2.31. The molecule has 0 aliphatic heterocycles. The van der Waals surface area contributed by atoms with E-state index in [-0.39, 0.29) is 24.4 Å². The second-order valence-corrected chi connectivity index (χ2v) is 5.70. The maximum absolute atomic E-state index is 13.9. The largest absolute Gasteiger partial charge is 0.394 e. The topological polar surface area (TPSA) is 45.1 Å². The van der Waals surface area contributed by atoms with Crippen LogP contribution in [0.25, 0.3) is 11.1 Å². The molecule has 1 aromatic carbocycles. The number of rotatable bonds is 5. The van der Waals surface area contributed by atoms with E-state index in [4.69, 9.17) is 11.6 Å². The van der Waals surface area contributed by atoms with E-state index in [9.17, 15) is 9.50 Å². The second kappa shape index (κ2) is 6.87. The Morgan fingerprint density at radius 3 is 2.71 bits per heavy atom. The number of aliphatic hydroxyl groups is 1. The number of hydrogen-bond acceptors (Lipinski definition) is 3. The van der Waals surface area contributed by atoms with Crippen LogP contribution in [0.4, 0.5) is 10.1 Å². The zero-order valence-electron chi connectivity index (χ0n) is 12.0. The third-order valence-electron chi connectivity index (χ3n) is 3.33. The highest BCUT2D eigenvalue weighted by Gasteiger charge is 2.13. The number of nitrogens with one attached hydrogen (secondary N) is 1. The predicted molar refractivity (Wildman–Crippen MR) is 84.0 cm³/mol. The Labute approximate surface area is 128 Å². The summed E-state index contributed by atoms with van der Waals surface area (Å²) in [4.78, 5) is 4.12. The first-order chi connectivity index (χ1) is 10.0. The van der Waals surface area contributed by atoms with Crippen molar-refractivity contribution in [2.75, 3.05) is 11.9 Å². The molecule has 0 radical (unpaired) electrons. The van der Waals surface area contributed by atoms with E-state index >= 15 is 0 Å². The zero-order valence-corrected chi connectivity index (χ0v) is 12.7. The van der Waals surface area contributed by atoms with Crippen molar-refractivity contribution in [3.63, 3.8) is 0 Å². The minimum atomic E-state index is -0.346. The van der Waals surface area contributed by atoms with Gasteiger partial charge in [0.05, 0.1) is 18.3 Å². The second-order valence-electron chi connectivity index (χ2n) is 5.26. The van der Waals surface area contributed by atoms with Crippen LogP contribution in [0.1, 0.15) is 13.8 Å². The summed E-state index contributed by atoms with van der Waals surface area (Å²) in [5, 5.41) is 13.0. The van der Waals surface area contributed by atoms with Gasteiger partial charge in [-0.2, -0.15) is 0 Å². The smallest absolute Gasteiger partial charge is 0.131 e. The van der Waals surface area contributed by atoms with Crippen molar-refractivity contribution >= 4 is 17.3 Å². The molecular weight excluding hydrogens is 291 g/mol. The van der Waals surface area contributed by atoms with Gasteiger partial charge >= 0.3 is 0 Å². The standard InChI is InChI=1S/C16H18ClFN2O/c1-10(2)16(9-21)20-13-5-11(7-19-8-13)14-6-12(17)3-4-15(14)18/h3-8,10,16,20-21H,9H2,1-2H3. The summed E-state index contributed by atoms with van der Waals surface area (Å²) >= 11 is 5.92. The molecular formula is C16H18ClFN2O. The quantitative estimate of drug-likeness (QED) is 0.878. The maximum atomic E-state index is 13.9. The number of aliphatic hydroxyl groups excluding tert-OH is 1. The molecule has 0 aliphatic rings. The molecule has 3 nitrogen and oxygen atoms in total. The maximum Gasteiger partial charge on any atom is 0.131 e. The van der Waals surface area contributed by atoms with Crippen LogP contribution in [0.15, 0.2) is 36.7 Å². The third-order valence-corrected chi connectivity index (χ3v) is 3.57. The first-order valence-corrected chi connectivity index (χ1v) is 7.17. The van der Waals surface area contributed by atoms with Crippen molar-refractivity contribution in [2.45, 2.75) is 19.9 Å². The third kappa shape index (κ3) is 3.93. The molecule has 2 rings (SSSR count). The summed E-state index contributed by atoms with van der Waals surface area (Å²) in [5.41, 5.74) is 1.78. The first-order valence-electron chi connectivity index (χ1n) is 6.79. The van der Waals surface area contributed by atoms with Crippen molar-refractivity contribution in [1.29, 1.82) is 0 Å². The van der Waals surface area contributed by atoms with Gasteiger partial charge in [0, 0.05) is 28.5 Å². The van der Waals surface area contributed by atoms with Crippen molar-refractivity contribution in [1.82, 2.24) is 4.98 Å². The fraction of sp³-hybridized carbons (Fsp3) is 0.312. The van der Waals surface area contributed by atoms with Crippen LogP contribution in [-0.2, 0) is 0 Å². The monoisotopic (exact) mass is 308 g/mol.